The van der Waals surface area contributed by atoms with Gasteiger partial charge in [-0.25, -0.2) is 0 Å². The van der Waals surface area contributed by atoms with Gasteiger partial charge in [0.2, 0.25) is 5.91 Å². The van der Waals surface area contributed by atoms with Gasteiger partial charge in [0.25, 0.3) is 5.91 Å². The molecule has 0 spiro atoms. The van der Waals surface area contributed by atoms with Crippen molar-refractivity contribution >= 4 is 11.8 Å². The van der Waals surface area contributed by atoms with E-state index >= 15 is 0 Å². The van der Waals surface area contributed by atoms with Crippen molar-refractivity contribution < 1.29 is 19.4 Å². The van der Waals surface area contributed by atoms with E-state index in [0.29, 0.717) is 12.3 Å². The maximum Gasteiger partial charge on any atom is 0.255 e. The average Bonchev–Trinajstić information content (AvgIpc) is 2.43. The Morgan fingerprint density at radius 1 is 1.32 bits per heavy atom. The molecular formula is C13H18N2O4. The van der Waals surface area contributed by atoms with E-state index in [1.165, 1.54) is 19.2 Å². The fourth-order valence-corrected chi connectivity index (χ4v) is 1.41. The van der Waals surface area contributed by atoms with Gasteiger partial charge in [0, 0.05) is 6.54 Å². The van der Waals surface area contributed by atoms with E-state index in [1.807, 2.05) is 6.92 Å². The molecule has 1 rings (SSSR count). The van der Waals surface area contributed by atoms with E-state index in [1.54, 1.807) is 6.07 Å². The van der Waals surface area contributed by atoms with Gasteiger partial charge in [0.05, 0.1) is 19.2 Å². The minimum Gasteiger partial charge on any atom is -0.507 e. The van der Waals surface area contributed by atoms with Gasteiger partial charge >= 0.3 is 0 Å². The largest absolute Gasteiger partial charge is 0.507 e. The smallest absolute Gasteiger partial charge is 0.255 e. The topological polar surface area (TPSA) is 87.7 Å². The number of carbonyl (C=O) groups excluding carboxylic acids is 2. The van der Waals surface area contributed by atoms with Crippen LogP contribution in [0.5, 0.6) is 11.5 Å². The highest BCUT2D eigenvalue weighted by atomic mass is 16.5. The first kappa shape index (κ1) is 14.8. The number of aromatic hydroxyl groups is 1. The van der Waals surface area contributed by atoms with Crippen LogP contribution in [0.1, 0.15) is 23.7 Å². The van der Waals surface area contributed by atoms with E-state index < -0.39 is 5.91 Å². The number of hydrogen-bond acceptors (Lipinski definition) is 4. The molecule has 0 bridgehead atoms. The molecule has 0 aliphatic heterocycles. The summed E-state index contributed by atoms with van der Waals surface area (Å²) >= 11 is 0. The number of phenolic OH excluding ortho intramolecular Hbond substituents is 1. The minimum atomic E-state index is -0.525. The van der Waals surface area contributed by atoms with Crippen LogP contribution in [0.3, 0.4) is 0 Å². The fraction of sp³-hybridized carbons (Fsp3) is 0.385. The van der Waals surface area contributed by atoms with Crippen LogP contribution in [0.15, 0.2) is 18.2 Å². The lowest BCUT2D eigenvalue weighted by Crippen LogP contribution is -2.37. The second-order valence-electron chi connectivity index (χ2n) is 3.92. The molecule has 2 amide bonds. The van der Waals surface area contributed by atoms with Crippen molar-refractivity contribution in [2.24, 2.45) is 0 Å². The highest BCUT2D eigenvalue weighted by molar-refractivity contribution is 5.99. The van der Waals surface area contributed by atoms with Crippen LogP contribution < -0.4 is 15.4 Å². The fourth-order valence-electron chi connectivity index (χ4n) is 1.41. The van der Waals surface area contributed by atoms with Crippen molar-refractivity contribution in [3.63, 3.8) is 0 Å². The standard InChI is InChI=1S/C13H18N2O4/c1-3-6-14-12(17)8-15-13(18)10-7-9(19-2)4-5-11(10)16/h4-5,7,16H,3,6,8H2,1-2H3,(H,14,17)(H,15,18). The maximum absolute atomic E-state index is 11.8. The van der Waals surface area contributed by atoms with Crippen molar-refractivity contribution in [1.82, 2.24) is 10.6 Å². The molecule has 104 valence electrons. The number of methoxy groups -OCH3 is 1. The molecule has 0 heterocycles. The molecule has 0 aromatic heterocycles. The first-order valence-electron chi connectivity index (χ1n) is 6.00. The molecule has 0 aliphatic rings. The normalized spacial score (nSPS) is 9.79. The van der Waals surface area contributed by atoms with E-state index in [0.717, 1.165) is 6.42 Å². The molecule has 19 heavy (non-hydrogen) atoms. The third kappa shape index (κ3) is 4.50. The van der Waals surface area contributed by atoms with Gasteiger partial charge in [-0.2, -0.15) is 0 Å². The molecular weight excluding hydrogens is 248 g/mol. The Labute approximate surface area is 111 Å². The van der Waals surface area contributed by atoms with Crippen LogP contribution >= 0.6 is 0 Å². The molecule has 0 saturated heterocycles. The highest BCUT2D eigenvalue weighted by Gasteiger charge is 2.13. The molecule has 6 nitrogen and oxygen atoms in total. The first-order chi connectivity index (χ1) is 9.08. The number of phenols is 1. The molecule has 1 aromatic rings. The summed E-state index contributed by atoms with van der Waals surface area (Å²) in [7, 11) is 1.46. The number of nitrogens with one attached hydrogen (secondary N) is 2. The molecule has 0 fully saturated rings. The summed E-state index contributed by atoms with van der Waals surface area (Å²) < 4.78 is 4.97. The van der Waals surface area contributed by atoms with Crippen LogP contribution in [0, 0.1) is 0 Å². The van der Waals surface area contributed by atoms with E-state index in [2.05, 4.69) is 10.6 Å². The summed E-state index contributed by atoms with van der Waals surface area (Å²) in [6.07, 6.45) is 0.830. The maximum atomic E-state index is 11.8. The van der Waals surface area contributed by atoms with Crippen molar-refractivity contribution in [2.75, 3.05) is 20.2 Å². The summed E-state index contributed by atoms with van der Waals surface area (Å²) in [5.74, 6) is -0.494. The van der Waals surface area contributed by atoms with Gasteiger partial charge in [-0.3, -0.25) is 9.59 Å². The SMILES string of the molecule is CCCNC(=O)CNC(=O)c1cc(OC)ccc1O. The van der Waals surface area contributed by atoms with Crippen molar-refractivity contribution in [2.45, 2.75) is 13.3 Å². The molecule has 0 unspecified atom stereocenters. The summed E-state index contributed by atoms with van der Waals surface area (Å²) in [4.78, 5) is 23.1. The van der Waals surface area contributed by atoms with Crippen LogP contribution in [0.25, 0.3) is 0 Å². The Morgan fingerprint density at radius 2 is 2.05 bits per heavy atom. The molecule has 6 heteroatoms. The van der Waals surface area contributed by atoms with Gasteiger partial charge in [-0.15, -0.1) is 0 Å². The molecule has 0 radical (unpaired) electrons. The van der Waals surface area contributed by atoms with Gasteiger partial charge in [-0.1, -0.05) is 6.92 Å². The minimum absolute atomic E-state index is 0.0719. The number of ether oxygens (including phenoxy) is 1. The Morgan fingerprint density at radius 3 is 2.68 bits per heavy atom. The summed E-state index contributed by atoms with van der Waals surface area (Å²) in [6, 6.07) is 4.32. The Hall–Kier alpha value is -2.24. The van der Waals surface area contributed by atoms with Crippen molar-refractivity contribution in [3.05, 3.63) is 23.8 Å². The lowest BCUT2D eigenvalue weighted by molar-refractivity contribution is -0.120. The third-order valence-corrected chi connectivity index (χ3v) is 2.43. The predicted octanol–water partition coefficient (Wildman–Crippen LogP) is 0.657. The summed E-state index contributed by atoms with van der Waals surface area (Å²) in [5.41, 5.74) is 0.0719. The Balaban J connectivity index is 2.60. The Bertz CT molecular complexity index is 460. The molecule has 1 aromatic carbocycles. The molecule has 0 aliphatic carbocycles. The molecule has 0 atom stereocenters. The quantitative estimate of drug-likeness (QED) is 0.705. The highest BCUT2D eigenvalue weighted by Crippen LogP contribution is 2.22. The Kier molecular flexibility index (Phi) is 5.66. The number of carbonyl (C=O) groups is 2. The van der Waals surface area contributed by atoms with Gasteiger partial charge in [0.15, 0.2) is 0 Å². The second-order valence-corrected chi connectivity index (χ2v) is 3.92. The number of benzene rings is 1. The number of rotatable bonds is 6. The molecule has 3 N–H and O–H groups in total. The lowest BCUT2D eigenvalue weighted by Gasteiger charge is -2.08. The van der Waals surface area contributed by atoms with Crippen LogP contribution in [0.2, 0.25) is 0 Å². The van der Waals surface area contributed by atoms with Gasteiger partial charge < -0.3 is 20.5 Å². The molecule has 0 saturated carbocycles. The first-order valence-corrected chi connectivity index (χ1v) is 6.00. The summed E-state index contributed by atoms with van der Waals surface area (Å²) in [6.45, 7) is 2.38. The zero-order chi connectivity index (χ0) is 14.3. The van der Waals surface area contributed by atoms with Crippen molar-refractivity contribution in [1.29, 1.82) is 0 Å². The monoisotopic (exact) mass is 266 g/mol. The van der Waals surface area contributed by atoms with E-state index in [4.69, 9.17) is 4.74 Å². The van der Waals surface area contributed by atoms with Crippen LogP contribution in [-0.4, -0.2) is 37.1 Å². The predicted molar refractivity (Wildman–Crippen MR) is 70.3 cm³/mol. The van der Waals surface area contributed by atoms with E-state index in [-0.39, 0.29) is 23.8 Å². The second kappa shape index (κ2) is 7.25. The zero-order valence-corrected chi connectivity index (χ0v) is 11.0. The van der Waals surface area contributed by atoms with Gasteiger partial charge in [0.1, 0.15) is 11.5 Å². The van der Waals surface area contributed by atoms with Crippen molar-refractivity contribution in [3.8, 4) is 11.5 Å². The number of hydrogen-bond donors (Lipinski definition) is 3. The third-order valence-electron chi connectivity index (χ3n) is 2.43. The van der Waals surface area contributed by atoms with Gasteiger partial charge in [-0.05, 0) is 24.6 Å². The number of amides is 2. The lowest BCUT2D eigenvalue weighted by atomic mass is 10.1. The zero-order valence-electron chi connectivity index (χ0n) is 11.0. The van der Waals surface area contributed by atoms with Crippen LogP contribution in [0.4, 0.5) is 0 Å². The average molecular weight is 266 g/mol. The summed E-state index contributed by atoms with van der Waals surface area (Å²) in [5, 5.41) is 14.7. The van der Waals surface area contributed by atoms with E-state index in [9.17, 15) is 14.7 Å². The van der Waals surface area contributed by atoms with Crippen LogP contribution in [-0.2, 0) is 4.79 Å².